The number of hydrogen-bond acceptors (Lipinski definition) is 4. The van der Waals surface area contributed by atoms with Crippen molar-refractivity contribution in [3.05, 3.63) is 37.8 Å². The number of aliphatic hydroxyl groups is 1. The molecule has 0 saturated carbocycles. The highest BCUT2D eigenvalue weighted by atomic mass is 35.5. The number of nitrogens with zero attached hydrogens (tertiary/aromatic N) is 2. The molecule has 3 nitrogen and oxygen atoms in total. The van der Waals surface area contributed by atoms with Crippen molar-refractivity contribution in [2.45, 2.75) is 31.6 Å². The fraction of sp³-hybridized carbons (Fsp3) is 0.500. The van der Waals surface area contributed by atoms with Gasteiger partial charge in [0.15, 0.2) is 0 Å². The summed E-state index contributed by atoms with van der Waals surface area (Å²) >= 11 is 9.95. The van der Waals surface area contributed by atoms with Crippen LogP contribution >= 0.6 is 34.7 Å². The molecule has 3 heterocycles. The molecule has 0 aliphatic carbocycles. The number of halogens is 1. The predicted octanol–water partition coefficient (Wildman–Crippen LogP) is 3.51. The molecule has 1 unspecified atom stereocenters. The first-order valence-corrected chi connectivity index (χ1v) is 8.96. The Hall–Kier alpha value is -0.490. The standard InChI is InChI=1S/C14H17ClN2OS2/c1-8-10(14(15)17(2)16-8)6-11(18)13-5-9-7-19-4-3-12(9)20-13/h5,11,18H,3-4,6-7H2,1-2H3. The Morgan fingerprint density at radius 3 is 3.00 bits per heavy atom. The van der Waals surface area contributed by atoms with E-state index in [1.54, 1.807) is 16.0 Å². The minimum absolute atomic E-state index is 0.490. The van der Waals surface area contributed by atoms with Crippen LogP contribution in [0.2, 0.25) is 5.15 Å². The van der Waals surface area contributed by atoms with E-state index in [0.717, 1.165) is 28.3 Å². The number of hydrogen-bond donors (Lipinski definition) is 1. The van der Waals surface area contributed by atoms with Gasteiger partial charge in [-0.15, -0.1) is 11.3 Å². The van der Waals surface area contributed by atoms with Crippen molar-refractivity contribution in [2.24, 2.45) is 7.05 Å². The number of aromatic nitrogens is 2. The summed E-state index contributed by atoms with van der Waals surface area (Å²) < 4.78 is 1.66. The van der Waals surface area contributed by atoms with E-state index in [4.69, 9.17) is 11.6 Å². The average Bonchev–Trinajstić information content (AvgIpc) is 2.95. The molecule has 108 valence electrons. The third kappa shape index (κ3) is 2.64. The van der Waals surface area contributed by atoms with E-state index in [2.05, 4.69) is 11.2 Å². The SMILES string of the molecule is Cc1nn(C)c(Cl)c1CC(O)c1cc2c(s1)CCSC2. The highest BCUT2D eigenvalue weighted by molar-refractivity contribution is 7.98. The van der Waals surface area contributed by atoms with Crippen LogP contribution in [0.1, 0.15) is 32.7 Å². The third-order valence-electron chi connectivity index (χ3n) is 3.64. The van der Waals surface area contributed by atoms with Crippen LogP contribution in [-0.4, -0.2) is 20.6 Å². The Bertz CT molecular complexity index is 612. The van der Waals surface area contributed by atoms with E-state index >= 15 is 0 Å². The maximum atomic E-state index is 10.5. The van der Waals surface area contributed by atoms with Crippen molar-refractivity contribution in [3.63, 3.8) is 0 Å². The zero-order valence-corrected chi connectivity index (χ0v) is 13.9. The van der Waals surface area contributed by atoms with Crippen LogP contribution in [-0.2, 0) is 25.6 Å². The van der Waals surface area contributed by atoms with Crippen LogP contribution in [0.15, 0.2) is 6.07 Å². The lowest BCUT2D eigenvalue weighted by Crippen LogP contribution is -2.01. The van der Waals surface area contributed by atoms with Crippen LogP contribution in [0.3, 0.4) is 0 Å². The fourth-order valence-corrected chi connectivity index (χ4v) is 5.15. The second-order valence-corrected chi connectivity index (χ2v) is 7.73. The lowest BCUT2D eigenvalue weighted by atomic mass is 10.1. The van der Waals surface area contributed by atoms with Gasteiger partial charge in [-0.05, 0) is 30.7 Å². The van der Waals surface area contributed by atoms with Crippen molar-refractivity contribution < 1.29 is 5.11 Å². The summed E-state index contributed by atoms with van der Waals surface area (Å²) in [5, 5.41) is 15.4. The molecule has 1 aliphatic heterocycles. The summed E-state index contributed by atoms with van der Waals surface area (Å²) in [4.78, 5) is 2.49. The van der Waals surface area contributed by atoms with Gasteiger partial charge in [0.05, 0.1) is 11.8 Å². The van der Waals surface area contributed by atoms with Gasteiger partial charge < -0.3 is 5.11 Å². The molecule has 0 aromatic carbocycles. The van der Waals surface area contributed by atoms with Gasteiger partial charge in [0.1, 0.15) is 5.15 Å². The maximum Gasteiger partial charge on any atom is 0.130 e. The first kappa shape index (κ1) is 14.4. The number of fused-ring (bicyclic) bond motifs is 1. The summed E-state index contributed by atoms with van der Waals surface area (Å²) in [6.45, 7) is 1.93. The number of thioether (sulfide) groups is 1. The molecular formula is C14H17ClN2OS2. The Kier molecular flexibility index (Phi) is 4.13. The molecule has 1 N–H and O–H groups in total. The highest BCUT2D eigenvalue weighted by Gasteiger charge is 2.21. The molecule has 1 aliphatic rings. The summed E-state index contributed by atoms with van der Waals surface area (Å²) in [7, 11) is 1.83. The zero-order valence-electron chi connectivity index (χ0n) is 11.5. The molecular weight excluding hydrogens is 312 g/mol. The Morgan fingerprint density at radius 1 is 1.55 bits per heavy atom. The molecule has 0 fully saturated rings. The van der Waals surface area contributed by atoms with E-state index < -0.39 is 6.10 Å². The number of aliphatic hydroxyl groups excluding tert-OH is 1. The third-order valence-corrected chi connectivity index (χ3v) is 6.46. The number of rotatable bonds is 3. The van der Waals surface area contributed by atoms with E-state index in [1.165, 1.54) is 16.2 Å². The number of thiophene rings is 1. The molecule has 3 rings (SSSR count). The van der Waals surface area contributed by atoms with E-state index in [-0.39, 0.29) is 0 Å². The summed E-state index contributed by atoms with van der Waals surface area (Å²) in [5.41, 5.74) is 3.24. The van der Waals surface area contributed by atoms with Crippen LogP contribution in [0.4, 0.5) is 0 Å². The minimum atomic E-state index is -0.490. The van der Waals surface area contributed by atoms with Crippen LogP contribution in [0, 0.1) is 6.92 Å². The smallest absolute Gasteiger partial charge is 0.130 e. The topological polar surface area (TPSA) is 38.0 Å². The van der Waals surface area contributed by atoms with Crippen molar-refractivity contribution in [1.29, 1.82) is 0 Å². The maximum absolute atomic E-state index is 10.5. The average molecular weight is 329 g/mol. The van der Waals surface area contributed by atoms with Crippen molar-refractivity contribution in [2.75, 3.05) is 5.75 Å². The van der Waals surface area contributed by atoms with Crippen LogP contribution in [0.25, 0.3) is 0 Å². The monoisotopic (exact) mass is 328 g/mol. The second kappa shape index (κ2) is 5.72. The molecule has 0 saturated heterocycles. The Balaban J connectivity index is 1.82. The zero-order chi connectivity index (χ0) is 14.3. The van der Waals surface area contributed by atoms with Gasteiger partial charge in [0, 0.05) is 34.5 Å². The first-order valence-electron chi connectivity index (χ1n) is 6.61. The van der Waals surface area contributed by atoms with E-state index in [1.807, 2.05) is 25.7 Å². The normalized spacial score (nSPS) is 16.2. The molecule has 20 heavy (non-hydrogen) atoms. The largest absolute Gasteiger partial charge is 0.387 e. The molecule has 0 radical (unpaired) electrons. The van der Waals surface area contributed by atoms with Gasteiger partial charge in [-0.1, -0.05) is 11.6 Å². The van der Waals surface area contributed by atoms with Gasteiger partial charge in [-0.25, -0.2) is 0 Å². The van der Waals surface area contributed by atoms with Crippen molar-refractivity contribution in [3.8, 4) is 0 Å². The van der Waals surface area contributed by atoms with Gasteiger partial charge >= 0.3 is 0 Å². The van der Waals surface area contributed by atoms with Crippen molar-refractivity contribution in [1.82, 2.24) is 9.78 Å². The van der Waals surface area contributed by atoms with Gasteiger partial charge in [0.2, 0.25) is 0 Å². The van der Waals surface area contributed by atoms with E-state index in [0.29, 0.717) is 11.6 Å². The minimum Gasteiger partial charge on any atom is -0.387 e. The lowest BCUT2D eigenvalue weighted by Gasteiger charge is -2.08. The van der Waals surface area contributed by atoms with Gasteiger partial charge in [0.25, 0.3) is 0 Å². The fourth-order valence-electron chi connectivity index (χ4n) is 2.53. The molecule has 6 heteroatoms. The molecule has 0 spiro atoms. The Morgan fingerprint density at radius 2 is 2.35 bits per heavy atom. The second-order valence-electron chi connectivity index (χ2n) is 5.10. The highest BCUT2D eigenvalue weighted by Crippen LogP contribution is 2.36. The molecule has 1 atom stereocenters. The quantitative estimate of drug-likeness (QED) is 0.937. The summed E-state index contributed by atoms with van der Waals surface area (Å²) in [6, 6.07) is 2.16. The lowest BCUT2D eigenvalue weighted by molar-refractivity contribution is 0.182. The van der Waals surface area contributed by atoms with Gasteiger partial charge in [-0.3, -0.25) is 4.68 Å². The summed E-state index contributed by atoms with van der Waals surface area (Å²) in [5.74, 6) is 2.27. The molecule has 2 aromatic rings. The predicted molar refractivity (Wildman–Crippen MR) is 85.8 cm³/mol. The summed E-state index contributed by atoms with van der Waals surface area (Å²) in [6.07, 6.45) is 1.17. The van der Waals surface area contributed by atoms with Crippen LogP contribution in [0.5, 0.6) is 0 Å². The number of aryl methyl sites for hydroxylation is 3. The van der Waals surface area contributed by atoms with Crippen LogP contribution < -0.4 is 0 Å². The Labute approximate surface area is 132 Å². The molecule has 0 bridgehead atoms. The van der Waals surface area contributed by atoms with E-state index in [9.17, 15) is 5.11 Å². The molecule has 2 aromatic heterocycles. The molecule has 0 amide bonds. The van der Waals surface area contributed by atoms with Gasteiger partial charge in [-0.2, -0.15) is 16.9 Å². The van der Waals surface area contributed by atoms with Crippen molar-refractivity contribution >= 4 is 34.7 Å². The first-order chi connectivity index (χ1) is 9.56.